The summed E-state index contributed by atoms with van der Waals surface area (Å²) in [5.41, 5.74) is 0. The van der Waals surface area contributed by atoms with Crippen molar-refractivity contribution in [3.8, 4) is 0 Å². The first-order valence-corrected chi connectivity index (χ1v) is 8.38. The van der Waals surface area contributed by atoms with Gasteiger partial charge < -0.3 is 5.32 Å². The molecule has 100 valence electrons. The lowest BCUT2D eigenvalue weighted by molar-refractivity contribution is 0.325. The quantitative estimate of drug-likeness (QED) is 0.829. The van der Waals surface area contributed by atoms with Crippen LogP contribution in [0.1, 0.15) is 45.4 Å². The van der Waals surface area contributed by atoms with Crippen molar-refractivity contribution in [3.63, 3.8) is 0 Å². The summed E-state index contributed by atoms with van der Waals surface area (Å²) in [5.74, 6) is 0. The predicted octanol–water partition coefficient (Wildman–Crippen LogP) is 1.33. The van der Waals surface area contributed by atoms with E-state index in [0.717, 1.165) is 38.8 Å². The Hall–Kier alpha value is -0.130. The summed E-state index contributed by atoms with van der Waals surface area (Å²) in [5, 5.41) is 3.08. The van der Waals surface area contributed by atoms with E-state index < -0.39 is 10.0 Å². The fourth-order valence-corrected chi connectivity index (χ4v) is 5.32. The molecule has 2 fully saturated rings. The van der Waals surface area contributed by atoms with E-state index in [1.807, 2.05) is 6.92 Å². The Morgan fingerprint density at radius 3 is 2.24 bits per heavy atom. The molecule has 0 aromatic rings. The van der Waals surface area contributed by atoms with Gasteiger partial charge >= 0.3 is 0 Å². The largest absolute Gasteiger partial charge is 0.317 e. The number of nitrogens with one attached hydrogen (secondary N) is 1. The van der Waals surface area contributed by atoms with Crippen LogP contribution < -0.4 is 5.32 Å². The Labute approximate surface area is 105 Å². The highest BCUT2D eigenvalue weighted by Gasteiger charge is 2.36. The van der Waals surface area contributed by atoms with E-state index in [1.54, 1.807) is 4.31 Å². The topological polar surface area (TPSA) is 49.4 Å². The highest BCUT2D eigenvalue weighted by molar-refractivity contribution is 7.89. The third-order valence-corrected chi connectivity index (χ3v) is 6.60. The molecule has 0 radical (unpaired) electrons. The van der Waals surface area contributed by atoms with Crippen LogP contribution in [0.25, 0.3) is 0 Å². The van der Waals surface area contributed by atoms with Gasteiger partial charge in [-0.2, -0.15) is 4.31 Å². The molecule has 0 bridgehead atoms. The molecule has 5 heteroatoms. The van der Waals surface area contributed by atoms with Gasteiger partial charge in [0.2, 0.25) is 10.0 Å². The van der Waals surface area contributed by atoms with E-state index in [9.17, 15) is 8.42 Å². The highest BCUT2D eigenvalue weighted by Crippen LogP contribution is 2.28. The second-order valence-electron chi connectivity index (χ2n) is 5.14. The smallest absolute Gasteiger partial charge is 0.217 e. The van der Waals surface area contributed by atoms with Crippen molar-refractivity contribution in [2.24, 2.45) is 0 Å². The first-order chi connectivity index (χ1) is 8.16. The lowest BCUT2D eigenvalue weighted by Gasteiger charge is -2.32. The normalized spacial score (nSPS) is 24.6. The molecule has 17 heavy (non-hydrogen) atoms. The number of hydrogen-bond donors (Lipinski definition) is 1. The summed E-state index contributed by atoms with van der Waals surface area (Å²) in [6.07, 6.45) is 6.01. The van der Waals surface area contributed by atoms with Crippen LogP contribution in [0.4, 0.5) is 0 Å². The van der Waals surface area contributed by atoms with Crippen molar-refractivity contribution in [1.29, 1.82) is 0 Å². The standard InChI is InChI=1S/C12H24N2O2S/c1-2-14(11-5-3-4-6-11)17(15,16)12-7-9-13-10-8-12/h11-13H,2-10H2,1H3. The van der Waals surface area contributed by atoms with E-state index in [1.165, 1.54) is 12.8 Å². The molecule has 2 rings (SSSR count). The molecule has 1 aliphatic heterocycles. The molecule has 1 aliphatic carbocycles. The Morgan fingerprint density at radius 2 is 1.71 bits per heavy atom. The molecular formula is C12H24N2O2S. The molecule has 1 N–H and O–H groups in total. The summed E-state index contributed by atoms with van der Waals surface area (Å²) in [4.78, 5) is 0. The molecule has 2 aliphatic rings. The van der Waals surface area contributed by atoms with Gasteiger partial charge in [-0.25, -0.2) is 8.42 Å². The zero-order valence-electron chi connectivity index (χ0n) is 10.7. The van der Waals surface area contributed by atoms with E-state index in [-0.39, 0.29) is 11.3 Å². The SMILES string of the molecule is CCN(C1CCCC1)S(=O)(=O)C1CCNCC1. The van der Waals surface area contributed by atoms with E-state index in [2.05, 4.69) is 5.32 Å². The average Bonchev–Trinajstić information content (AvgIpc) is 2.84. The minimum Gasteiger partial charge on any atom is -0.317 e. The van der Waals surface area contributed by atoms with E-state index >= 15 is 0 Å². The van der Waals surface area contributed by atoms with Crippen molar-refractivity contribution >= 4 is 10.0 Å². The third-order valence-electron chi connectivity index (χ3n) is 4.08. The van der Waals surface area contributed by atoms with Crippen molar-refractivity contribution in [2.45, 2.75) is 56.7 Å². The Kier molecular flexibility index (Phi) is 4.44. The molecule has 0 aromatic heterocycles. The molecule has 0 amide bonds. The summed E-state index contributed by atoms with van der Waals surface area (Å²) in [7, 11) is -3.06. The van der Waals surface area contributed by atoms with Crippen molar-refractivity contribution in [2.75, 3.05) is 19.6 Å². The lowest BCUT2D eigenvalue weighted by Crippen LogP contribution is -2.47. The van der Waals surface area contributed by atoms with Crippen LogP contribution in [0, 0.1) is 0 Å². The molecule has 0 aromatic carbocycles. The molecule has 1 saturated heterocycles. The number of rotatable bonds is 4. The first kappa shape index (κ1) is 13.3. The van der Waals surface area contributed by atoms with Gasteiger partial charge in [-0.1, -0.05) is 19.8 Å². The van der Waals surface area contributed by atoms with E-state index in [0.29, 0.717) is 6.54 Å². The first-order valence-electron chi connectivity index (χ1n) is 6.87. The minimum atomic E-state index is -3.06. The van der Waals surface area contributed by atoms with Crippen LogP contribution in [-0.2, 0) is 10.0 Å². The Balaban J connectivity index is 2.10. The fraction of sp³-hybridized carbons (Fsp3) is 1.00. The van der Waals surface area contributed by atoms with E-state index in [4.69, 9.17) is 0 Å². The molecule has 4 nitrogen and oxygen atoms in total. The van der Waals surface area contributed by atoms with Crippen molar-refractivity contribution in [1.82, 2.24) is 9.62 Å². The van der Waals surface area contributed by atoms with Crippen LogP contribution in [0.15, 0.2) is 0 Å². The number of sulfonamides is 1. The van der Waals surface area contributed by atoms with Crippen LogP contribution >= 0.6 is 0 Å². The number of nitrogens with zero attached hydrogens (tertiary/aromatic N) is 1. The summed E-state index contributed by atoms with van der Waals surface area (Å²) >= 11 is 0. The molecule has 0 unspecified atom stereocenters. The van der Waals surface area contributed by atoms with Gasteiger partial charge in [0.25, 0.3) is 0 Å². The van der Waals surface area contributed by atoms with Crippen LogP contribution in [0.2, 0.25) is 0 Å². The van der Waals surface area contributed by atoms with Crippen molar-refractivity contribution in [3.05, 3.63) is 0 Å². The summed E-state index contributed by atoms with van der Waals surface area (Å²) in [6, 6.07) is 0.278. The molecule has 0 atom stereocenters. The highest BCUT2D eigenvalue weighted by atomic mass is 32.2. The van der Waals surface area contributed by atoms with Gasteiger partial charge in [-0.3, -0.25) is 0 Å². The summed E-state index contributed by atoms with van der Waals surface area (Å²) in [6.45, 7) is 4.28. The second kappa shape index (κ2) is 5.67. The van der Waals surface area contributed by atoms with Crippen LogP contribution in [0.3, 0.4) is 0 Å². The maximum absolute atomic E-state index is 12.6. The van der Waals surface area contributed by atoms with Gasteiger partial charge in [-0.15, -0.1) is 0 Å². The second-order valence-corrected chi connectivity index (χ2v) is 7.30. The maximum atomic E-state index is 12.6. The zero-order chi connectivity index (χ0) is 12.3. The Morgan fingerprint density at radius 1 is 1.12 bits per heavy atom. The third kappa shape index (κ3) is 2.83. The van der Waals surface area contributed by atoms with Gasteiger partial charge in [0.1, 0.15) is 0 Å². The predicted molar refractivity (Wildman–Crippen MR) is 69.4 cm³/mol. The minimum absolute atomic E-state index is 0.149. The number of hydrogen-bond acceptors (Lipinski definition) is 3. The molecular weight excluding hydrogens is 236 g/mol. The lowest BCUT2D eigenvalue weighted by atomic mass is 10.2. The van der Waals surface area contributed by atoms with Gasteiger partial charge in [0, 0.05) is 12.6 Å². The van der Waals surface area contributed by atoms with Crippen LogP contribution in [-0.4, -0.2) is 43.6 Å². The van der Waals surface area contributed by atoms with Crippen LogP contribution in [0.5, 0.6) is 0 Å². The fourth-order valence-electron chi connectivity index (χ4n) is 3.12. The molecule has 1 saturated carbocycles. The summed E-state index contributed by atoms with van der Waals surface area (Å²) < 4.78 is 27.0. The van der Waals surface area contributed by atoms with Gasteiger partial charge in [0.05, 0.1) is 5.25 Å². The average molecular weight is 260 g/mol. The molecule has 0 spiro atoms. The maximum Gasteiger partial charge on any atom is 0.217 e. The molecule has 1 heterocycles. The zero-order valence-corrected chi connectivity index (χ0v) is 11.5. The monoisotopic (exact) mass is 260 g/mol. The van der Waals surface area contributed by atoms with Gasteiger partial charge in [-0.05, 0) is 38.8 Å². The number of piperidine rings is 1. The van der Waals surface area contributed by atoms with Gasteiger partial charge in [0.15, 0.2) is 0 Å². The van der Waals surface area contributed by atoms with Crippen molar-refractivity contribution < 1.29 is 8.42 Å². The Bertz CT molecular complexity index is 330.